The van der Waals surface area contributed by atoms with Crippen LogP contribution in [-0.2, 0) is 0 Å². The average Bonchev–Trinajstić information content (AvgIpc) is 2.24. The van der Waals surface area contributed by atoms with Gasteiger partial charge in [0.1, 0.15) is 0 Å². The second kappa shape index (κ2) is 6.31. The first-order chi connectivity index (χ1) is 7.47. The van der Waals surface area contributed by atoms with Gasteiger partial charge < -0.3 is 5.11 Å². The van der Waals surface area contributed by atoms with E-state index in [1.807, 2.05) is 18.2 Å². The lowest BCUT2D eigenvalue weighted by molar-refractivity contribution is 0.167. The Labute approximate surface area is 103 Å². The Morgan fingerprint density at radius 1 is 1.19 bits per heavy atom. The molecule has 0 aromatic heterocycles. The summed E-state index contributed by atoms with van der Waals surface area (Å²) < 4.78 is 0. The molecule has 0 radical (unpaired) electrons. The number of aliphatic hydroxyl groups excluding tert-OH is 1. The molecular formula is C14H22OS. The monoisotopic (exact) mass is 238 g/mol. The molecule has 90 valence electrons. The summed E-state index contributed by atoms with van der Waals surface area (Å²) in [4.78, 5) is 1.23. The van der Waals surface area contributed by atoms with Crippen LogP contribution in [0.2, 0.25) is 0 Å². The molecule has 2 heteroatoms. The zero-order chi connectivity index (χ0) is 12.0. The van der Waals surface area contributed by atoms with Crippen molar-refractivity contribution >= 4 is 11.8 Å². The van der Waals surface area contributed by atoms with Crippen LogP contribution in [0.3, 0.4) is 0 Å². The van der Waals surface area contributed by atoms with E-state index in [0.717, 1.165) is 18.6 Å². The van der Waals surface area contributed by atoms with Crippen molar-refractivity contribution in [3.05, 3.63) is 30.3 Å². The van der Waals surface area contributed by atoms with Crippen molar-refractivity contribution in [2.75, 3.05) is 5.75 Å². The molecule has 1 aromatic rings. The number of benzene rings is 1. The number of thioether (sulfide) groups is 1. The van der Waals surface area contributed by atoms with E-state index < -0.39 is 0 Å². The van der Waals surface area contributed by atoms with E-state index in [9.17, 15) is 5.11 Å². The van der Waals surface area contributed by atoms with Crippen LogP contribution < -0.4 is 0 Å². The first-order valence-electron chi connectivity index (χ1n) is 5.83. The molecule has 0 bridgehead atoms. The van der Waals surface area contributed by atoms with Crippen LogP contribution in [0.5, 0.6) is 0 Å². The quantitative estimate of drug-likeness (QED) is 0.783. The zero-order valence-corrected chi connectivity index (χ0v) is 11.3. The summed E-state index contributed by atoms with van der Waals surface area (Å²) in [5, 5.41) is 9.85. The van der Waals surface area contributed by atoms with E-state index in [4.69, 9.17) is 0 Å². The van der Waals surface area contributed by atoms with E-state index in [-0.39, 0.29) is 6.10 Å². The molecular weight excluding hydrogens is 216 g/mol. The summed E-state index contributed by atoms with van der Waals surface area (Å²) in [6, 6.07) is 10.2. The van der Waals surface area contributed by atoms with Crippen LogP contribution >= 0.6 is 11.8 Å². The fourth-order valence-corrected chi connectivity index (χ4v) is 2.29. The first-order valence-corrected chi connectivity index (χ1v) is 6.82. The van der Waals surface area contributed by atoms with Crippen LogP contribution in [0.1, 0.15) is 33.6 Å². The van der Waals surface area contributed by atoms with Gasteiger partial charge in [-0.2, -0.15) is 0 Å². The second-order valence-corrected chi connectivity index (χ2v) is 6.47. The van der Waals surface area contributed by atoms with Gasteiger partial charge in [0.2, 0.25) is 0 Å². The smallest absolute Gasteiger partial charge is 0.0634 e. The van der Waals surface area contributed by atoms with Gasteiger partial charge in [-0.3, -0.25) is 0 Å². The molecule has 0 fully saturated rings. The van der Waals surface area contributed by atoms with Gasteiger partial charge in [0.25, 0.3) is 0 Å². The lowest BCUT2D eigenvalue weighted by Crippen LogP contribution is -2.14. The van der Waals surface area contributed by atoms with E-state index in [2.05, 4.69) is 32.9 Å². The topological polar surface area (TPSA) is 20.2 Å². The van der Waals surface area contributed by atoms with Gasteiger partial charge >= 0.3 is 0 Å². The molecule has 1 unspecified atom stereocenters. The van der Waals surface area contributed by atoms with Crippen LogP contribution in [0.4, 0.5) is 0 Å². The van der Waals surface area contributed by atoms with Crippen molar-refractivity contribution in [2.24, 2.45) is 5.41 Å². The predicted octanol–water partition coefficient (Wildman–Crippen LogP) is 3.97. The van der Waals surface area contributed by atoms with E-state index >= 15 is 0 Å². The maximum atomic E-state index is 9.85. The van der Waals surface area contributed by atoms with Gasteiger partial charge in [-0.05, 0) is 30.4 Å². The summed E-state index contributed by atoms with van der Waals surface area (Å²) in [6.45, 7) is 6.64. The second-order valence-electron chi connectivity index (χ2n) is 5.38. The SMILES string of the molecule is CC(C)(C)CCC(O)CSc1ccccc1. The van der Waals surface area contributed by atoms with Crippen molar-refractivity contribution in [3.63, 3.8) is 0 Å². The largest absolute Gasteiger partial charge is 0.392 e. The molecule has 1 aromatic carbocycles. The highest BCUT2D eigenvalue weighted by molar-refractivity contribution is 7.99. The molecule has 1 nitrogen and oxygen atoms in total. The van der Waals surface area contributed by atoms with Gasteiger partial charge in [-0.15, -0.1) is 11.8 Å². The normalized spacial score (nSPS) is 13.8. The number of hydrogen-bond acceptors (Lipinski definition) is 2. The Morgan fingerprint density at radius 2 is 1.81 bits per heavy atom. The maximum absolute atomic E-state index is 9.85. The van der Waals surface area contributed by atoms with E-state index in [0.29, 0.717) is 5.41 Å². The fraction of sp³-hybridized carbons (Fsp3) is 0.571. The Bertz CT molecular complexity index is 289. The highest BCUT2D eigenvalue weighted by Crippen LogP contribution is 2.24. The van der Waals surface area contributed by atoms with Crippen LogP contribution in [0.15, 0.2) is 35.2 Å². The summed E-state index contributed by atoms with van der Waals surface area (Å²) in [5.41, 5.74) is 0.318. The third-order valence-electron chi connectivity index (χ3n) is 2.41. The minimum Gasteiger partial charge on any atom is -0.392 e. The van der Waals surface area contributed by atoms with Gasteiger partial charge in [-0.25, -0.2) is 0 Å². The third kappa shape index (κ3) is 6.19. The maximum Gasteiger partial charge on any atom is 0.0634 e. The van der Waals surface area contributed by atoms with E-state index in [1.54, 1.807) is 11.8 Å². The minimum absolute atomic E-state index is 0.190. The summed E-state index contributed by atoms with van der Waals surface area (Å²) in [7, 11) is 0. The molecule has 1 N–H and O–H groups in total. The number of hydrogen-bond donors (Lipinski definition) is 1. The van der Waals surface area contributed by atoms with Crippen LogP contribution in [-0.4, -0.2) is 17.0 Å². The Balaban J connectivity index is 2.23. The molecule has 0 saturated carbocycles. The molecule has 0 spiro atoms. The lowest BCUT2D eigenvalue weighted by Gasteiger charge is -2.20. The zero-order valence-electron chi connectivity index (χ0n) is 10.4. The molecule has 16 heavy (non-hydrogen) atoms. The average molecular weight is 238 g/mol. The Morgan fingerprint density at radius 3 is 2.38 bits per heavy atom. The van der Waals surface area contributed by atoms with Gasteiger partial charge in [0.05, 0.1) is 6.10 Å². The van der Waals surface area contributed by atoms with Gasteiger partial charge in [-0.1, -0.05) is 39.0 Å². The van der Waals surface area contributed by atoms with Crippen LogP contribution in [0, 0.1) is 5.41 Å². The highest BCUT2D eigenvalue weighted by atomic mass is 32.2. The number of aliphatic hydroxyl groups is 1. The van der Waals surface area contributed by atoms with Crippen LogP contribution in [0.25, 0.3) is 0 Å². The van der Waals surface area contributed by atoms with Crippen molar-refractivity contribution in [2.45, 2.75) is 44.6 Å². The third-order valence-corrected chi connectivity index (χ3v) is 3.57. The first kappa shape index (κ1) is 13.6. The molecule has 0 aliphatic carbocycles. The fourth-order valence-electron chi connectivity index (χ4n) is 1.39. The molecule has 1 rings (SSSR count). The molecule has 0 heterocycles. The highest BCUT2D eigenvalue weighted by Gasteiger charge is 2.13. The molecule has 1 atom stereocenters. The molecule has 0 aliphatic heterocycles. The summed E-state index contributed by atoms with van der Waals surface area (Å²) in [6.07, 6.45) is 1.77. The standard InChI is InChI=1S/C14H22OS/c1-14(2,3)10-9-12(15)11-16-13-7-5-4-6-8-13/h4-8,12,15H,9-11H2,1-3H3. The van der Waals surface area contributed by atoms with Crippen molar-refractivity contribution in [1.82, 2.24) is 0 Å². The molecule has 0 saturated heterocycles. The van der Waals surface area contributed by atoms with Gasteiger partial charge in [0.15, 0.2) is 0 Å². The van der Waals surface area contributed by atoms with Crippen molar-refractivity contribution in [1.29, 1.82) is 0 Å². The van der Waals surface area contributed by atoms with Gasteiger partial charge in [0, 0.05) is 10.6 Å². The van der Waals surface area contributed by atoms with Crippen molar-refractivity contribution < 1.29 is 5.11 Å². The Kier molecular flexibility index (Phi) is 5.36. The Hall–Kier alpha value is -0.470. The minimum atomic E-state index is -0.190. The van der Waals surface area contributed by atoms with Crippen molar-refractivity contribution in [3.8, 4) is 0 Å². The summed E-state index contributed by atoms with van der Waals surface area (Å²) >= 11 is 1.73. The number of rotatable bonds is 5. The summed E-state index contributed by atoms with van der Waals surface area (Å²) in [5.74, 6) is 0.792. The molecule has 0 aliphatic rings. The predicted molar refractivity (Wildman–Crippen MR) is 71.9 cm³/mol. The molecule has 0 amide bonds. The van der Waals surface area contributed by atoms with E-state index in [1.165, 1.54) is 4.90 Å². The lowest BCUT2D eigenvalue weighted by atomic mass is 9.89.